The van der Waals surface area contributed by atoms with Gasteiger partial charge in [0.25, 0.3) is 0 Å². The topological polar surface area (TPSA) is 29.5 Å². The van der Waals surface area contributed by atoms with Crippen molar-refractivity contribution in [1.29, 1.82) is 0 Å². The third kappa shape index (κ3) is 4.63. The van der Waals surface area contributed by atoms with Crippen LogP contribution in [0.4, 0.5) is 5.69 Å². The summed E-state index contributed by atoms with van der Waals surface area (Å²) in [5.74, 6) is 1.78. The van der Waals surface area contributed by atoms with Crippen LogP contribution in [-0.4, -0.2) is 37.7 Å². The van der Waals surface area contributed by atoms with E-state index in [4.69, 9.17) is 27.9 Å². The van der Waals surface area contributed by atoms with Crippen LogP contribution in [0.2, 0.25) is 0 Å². The molecule has 0 aliphatic rings. The third-order valence-corrected chi connectivity index (χ3v) is 3.89. The molecule has 3 nitrogen and oxygen atoms in total. The van der Waals surface area contributed by atoms with Crippen molar-refractivity contribution in [2.45, 2.75) is 0 Å². The van der Waals surface area contributed by atoms with Gasteiger partial charge in [-0.2, -0.15) is 0 Å². The number of hydrogen-bond acceptors (Lipinski definition) is 3. The van der Waals surface area contributed by atoms with Gasteiger partial charge in [-0.3, -0.25) is 4.79 Å². The number of carbonyl (C=O) groups is 1. The molecule has 0 radical (unpaired) electrons. The lowest BCUT2D eigenvalue weighted by atomic mass is 10.0. The fraction of sp³-hybridized carbons (Fsp3) is 0.278. The van der Waals surface area contributed by atoms with E-state index in [1.807, 2.05) is 24.3 Å². The van der Waals surface area contributed by atoms with Crippen molar-refractivity contribution in [3.05, 3.63) is 59.7 Å². The molecule has 0 saturated heterocycles. The maximum absolute atomic E-state index is 12.5. The molecule has 23 heavy (non-hydrogen) atoms. The highest BCUT2D eigenvalue weighted by Gasteiger charge is 2.11. The molecule has 0 atom stereocenters. The molecule has 0 unspecified atom stereocenters. The van der Waals surface area contributed by atoms with Crippen LogP contribution in [0.3, 0.4) is 0 Å². The van der Waals surface area contributed by atoms with Gasteiger partial charge in [-0.25, -0.2) is 0 Å². The highest BCUT2D eigenvalue weighted by Crippen LogP contribution is 2.19. The largest absolute Gasteiger partial charge is 0.497 e. The van der Waals surface area contributed by atoms with Crippen molar-refractivity contribution in [2.24, 2.45) is 0 Å². The summed E-state index contributed by atoms with van der Waals surface area (Å²) >= 11 is 11.6. The number of ketones is 1. The molecule has 0 aliphatic heterocycles. The lowest BCUT2D eigenvalue weighted by molar-refractivity contribution is 0.103. The first-order valence-corrected chi connectivity index (χ1v) is 8.42. The van der Waals surface area contributed by atoms with Gasteiger partial charge in [-0.05, 0) is 48.5 Å². The molecular weight excluding hydrogens is 333 g/mol. The van der Waals surface area contributed by atoms with Crippen molar-refractivity contribution < 1.29 is 9.53 Å². The van der Waals surface area contributed by atoms with Gasteiger partial charge in [-0.15, -0.1) is 23.2 Å². The Labute approximate surface area is 146 Å². The Morgan fingerprint density at radius 2 is 1.39 bits per heavy atom. The minimum atomic E-state index is -0.0135. The van der Waals surface area contributed by atoms with E-state index in [0.717, 1.165) is 24.5 Å². The molecule has 0 N–H and O–H groups in total. The van der Waals surface area contributed by atoms with Crippen LogP contribution in [0.1, 0.15) is 15.9 Å². The second kappa shape index (κ2) is 8.80. The molecule has 0 fully saturated rings. The van der Waals surface area contributed by atoms with Crippen LogP contribution in [-0.2, 0) is 0 Å². The molecule has 2 aromatic carbocycles. The molecule has 5 heteroatoms. The van der Waals surface area contributed by atoms with Gasteiger partial charge in [0, 0.05) is 41.7 Å². The van der Waals surface area contributed by atoms with Gasteiger partial charge in [0.2, 0.25) is 0 Å². The normalized spacial score (nSPS) is 10.4. The average Bonchev–Trinajstić information content (AvgIpc) is 2.61. The van der Waals surface area contributed by atoms with Gasteiger partial charge in [0.1, 0.15) is 5.75 Å². The second-order valence-corrected chi connectivity index (χ2v) is 5.73. The van der Waals surface area contributed by atoms with E-state index >= 15 is 0 Å². The van der Waals surface area contributed by atoms with Crippen LogP contribution < -0.4 is 9.64 Å². The highest BCUT2D eigenvalue weighted by molar-refractivity contribution is 6.18. The SMILES string of the molecule is COc1ccc(C(=O)c2ccc(N(CCCl)CCCl)cc2)cc1. The molecule has 0 saturated carbocycles. The monoisotopic (exact) mass is 351 g/mol. The van der Waals surface area contributed by atoms with Crippen molar-refractivity contribution >= 4 is 34.7 Å². The van der Waals surface area contributed by atoms with E-state index in [1.165, 1.54) is 0 Å². The number of rotatable bonds is 8. The number of nitrogens with zero attached hydrogens (tertiary/aromatic N) is 1. The molecule has 2 aromatic rings. The first-order valence-electron chi connectivity index (χ1n) is 7.35. The molecule has 0 amide bonds. The van der Waals surface area contributed by atoms with E-state index in [1.54, 1.807) is 31.4 Å². The molecule has 0 bridgehead atoms. The Morgan fingerprint density at radius 1 is 0.913 bits per heavy atom. The number of anilines is 1. The highest BCUT2D eigenvalue weighted by atomic mass is 35.5. The van der Waals surface area contributed by atoms with Crippen LogP contribution in [0.25, 0.3) is 0 Å². The Balaban J connectivity index is 2.15. The predicted octanol–water partition coefficient (Wildman–Crippen LogP) is 4.21. The number of ether oxygens (including phenoxy) is 1. The van der Waals surface area contributed by atoms with Gasteiger partial charge in [0.05, 0.1) is 7.11 Å². The molecule has 2 rings (SSSR count). The summed E-state index contributed by atoms with van der Waals surface area (Å²) < 4.78 is 5.10. The first kappa shape index (κ1) is 17.6. The van der Waals surface area contributed by atoms with Gasteiger partial charge in [-0.1, -0.05) is 0 Å². The number of methoxy groups -OCH3 is 1. The summed E-state index contributed by atoms with van der Waals surface area (Å²) in [7, 11) is 1.60. The van der Waals surface area contributed by atoms with E-state index < -0.39 is 0 Å². The molecule has 0 spiro atoms. The summed E-state index contributed by atoms with van der Waals surface area (Å²) in [6.07, 6.45) is 0. The summed E-state index contributed by atoms with van der Waals surface area (Å²) in [4.78, 5) is 14.6. The van der Waals surface area contributed by atoms with Crippen molar-refractivity contribution in [3.63, 3.8) is 0 Å². The summed E-state index contributed by atoms with van der Waals surface area (Å²) in [5, 5.41) is 0. The van der Waals surface area contributed by atoms with Crippen LogP contribution in [0.15, 0.2) is 48.5 Å². The van der Waals surface area contributed by atoms with Crippen LogP contribution in [0.5, 0.6) is 5.75 Å². The fourth-order valence-corrected chi connectivity index (χ4v) is 2.71. The van der Waals surface area contributed by atoms with Crippen molar-refractivity contribution in [2.75, 3.05) is 36.9 Å². The smallest absolute Gasteiger partial charge is 0.193 e. The zero-order valence-corrected chi connectivity index (χ0v) is 14.5. The standard InChI is InChI=1S/C18H19Cl2NO2/c1-23-17-8-4-15(5-9-17)18(22)14-2-6-16(7-3-14)21(12-10-19)13-11-20/h2-9H,10-13H2,1H3. The second-order valence-electron chi connectivity index (χ2n) is 4.97. The molecule has 0 aliphatic carbocycles. The number of benzene rings is 2. The Hall–Kier alpha value is -1.71. The lowest BCUT2D eigenvalue weighted by Gasteiger charge is -2.22. The predicted molar refractivity (Wildman–Crippen MR) is 96.5 cm³/mol. The number of carbonyl (C=O) groups excluding carboxylic acids is 1. The zero-order valence-electron chi connectivity index (χ0n) is 13.0. The Bertz CT molecular complexity index is 620. The zero-order chi connectivity index (χ0) is 16.7. The van der Waals surface area contributed by atoms with Gasteiger partial charge in [0.15, 0.2) is 5.78 Å². The van der Waals surface area contributed by atoms with Crippen molar-refractivity contribution in [3.8, 4) is 5.75 Å². The summed E-state index contributed by atoms with van der Waals surface area (Å²) in [5.41, 5.74) is 2.30. The van der Waals surface area contributed by atoms with Gasteiger partial charge < -0.3 is 9.64 Å². The molecular formula is C18H19Cl2NO2. The lowest BCUT2D eigenvalue weighted by Crippen LogP contribution is -2.27. The summed E-state index contributed by atoms with van der Waals surface area (Å²) in [6, 6.07) is 14.6. The minimum Gasteiger partial charge on any atom is -0.497 e. The first-order chi connectivity index (χ1) is 11.2. The fourth-order valence-electron chi connectivity index (χ4n) is 2.31. The summed E-state index contributed by atoms with van der Waals surface area (Å²) in [6.45, 7) is 1.44. The van der Waals surface area contributed by atoms with Gasteiger partial charge >= 0.3 is 0 Å². The Morgan fingerprint density at radius 3 is 1.83 bits per heavy atom. The number of alkyl halides is 2. The molecule has 0 heterocycles. The molecule has 122 valence electrons. The number of hydrogen-bond donors (Lipinski definition) is 0. The number of halogens is 2. The van der Waals surface area contributed by atoms with E-state index in [0.29, 0.717) is 22.9 Å². The average molecular weight is 352 g/mol. The van der Waals surface area contributed by atoms with Crippen LogP contribution in [0, 0.1) is 0 Å². The maximum Gasteiger partial charge on any atom is 0.193 e. The molecule has 0 aromatic heterocycles. The quantitative estimate of drug-likeness (QED) is 0.527. The van der Waals surface area contributed by atoms with E-state index in [-0.39, 0.29) is 5.78 Å². The van der Waals surface area contributed by atoms with E-state index in [9.17, 15) is 4.79 Å². The van der Waals surface area contributed by atoms with Crippen LogP contribution >= 0.6 is 23.2 Å². The minimum absolute atomic E-state index is 0.0135. The van der Waals surface area contributed by atoms with Crippen molar-refractivity contribution in [1.82, 2.24) is 0 Å². The van der Waals surface area contributed by atoms with E-state index in [2.05, 4.69) is 4.90 Å². The Kier molecular flexibility index (Phi) is 6.75. The maximum atomic E-state index is 12.5. The third-order valence-electron chi connectivity index (χ3n) is 3.56.